The molecule has 35 heavy (non-hydrogen) atoms. The van der Waals surface area contributed by atoms with Crippen LogP contribution in [-0.4, -0.2) is 26.2 Å². The quantitative estimate of drug-likeness (QED) is 0.235. The van der Waals surface area contributed by atoms with Crippen LogP contribution in [0.2, 0.25) is 15.1 Å². The van der Waals surface area contributed by atoms with Crippen molar-refractivity contribution in [2.75, 3.05) is 5.32 Å². The first-order valence-electron chi connectivity index (χ1n) is 9.86. The molecule has 0 spiro atoms. The molecule has 1 aliphatic carbocycles. The minimum absolute atomic E-state index is 0.00426. The van der Waals surface area contributed by atoms with Gasteiger partial charge in [-0.3, -0.25) is 14.7 Å². The van der Waals surface area contributed by atoms with E-state index in [0.29, 0.717) is 15.6 Å². The van der Waals surface area contributed by atoms with E-state index < -0.39 is 46.2 Å². The second-order valence-corrected chi connectivity index (χ2v) is 10.6. The molecule has 1 fully saturated rings. The predicted octanol–water partition coefficient (Wildman–Crippen LogP) is 7.34. The van der Waals surface area contributed by atoms with E-state index in [1.807, 2.05) is 0 Å². The number of rotatable bonds is 6. The van der Waals surface area contributed by atoms with Gasteiger partial charge in [0.25, 0.3) is 0 Å². The smallest absolute Gasteiger partial charge is 0.326 e. The number of ketones is 1. The van der Waals surface area contributed by atoms with Gasteiger partial charge >= 0.3 is 6.18 Å². The van der Waals surface area contributed by atoms with Crippen molar-refractivity contribution in [3.63, 3.8) is 0 Å². The summed E-state index contributed by atoms with van der Waals surface area (Å²) in [5.74, 6) is -2.50. The lowest BCUT2D eigenvalue weighted by atomic mass is 10.1. The van der Waals surface area contributed by atoms with Crippen LogP contribution >= 0.6 is 58.0 Å². The van der Waals surface area contributed by atoms with Crippen LogP contribution in [0.1, 0.15) is 33.2 Å². The molecule has 2 aromatic carbocycles. The number of anilines is 1. The number of aromatic amines is 1. The van der Waals surface area contributed by atoms with Gasteiger partial charge < -0.3 is 5.32 Å². The van der Waals surface area contributed by atoms with Crippen LogP contribution in [0.4, 0.5) is 18.9 Å². The van der Waals surface area contributed by atoms with Crippen molar-refractivity contribution >= 4 is 75.4 Å². The van der Waals surface area contributed by atoms with Gasteiger partial charge in [-0.25, -0.2) is 0 Å². The molecule has 0 aliphatic heterocycles. The Bertz CT molecular complexity index is 1310. The molecular weight excluding hydrogens is 573 g/mol. The maximum Gasteiger partial charge on any atom is 0.435 e. The molecular formula is C22H13Cl5F3N3O2. The summed E-state index contributed by atoms with van der Waals surface area (Å²) >= 11 is 30.9. The van der Waals surface area contributed by atoms with Gasteiger partial charge in [0.05, 0.1) is 17.4 Å². The van der Waals surface area contributed by atoms with Gasteiger partial charge in [-0.15, -0.1) is 23.2 Å². The van der Waals surface area contributed by atoms with Crippen LogP contribution in [0.3, 0.4) is 0 Å². The average molecular weight is 586 g/mol. The van der Waals surface area contributed by atoms with Crippen molar-refractivity contribution < 1.29 is 22.8 Å². The van der Waals surface area contributed by atoms with Crippen LogP contribution in [0, 0.1) is 5.92 Å². The first-order valence-corrected chi connectivity index (χ1v) is 11.7. The van der Waals surface area contributed by atoms with Gasteiger partial charge in [-0.1, -0.05) is 34.8 Å². The molecule has 3 aromatic rings. The highest BCUT2D eigenvalue weighted by Crippen LogP contribution is 2.65. The highest BCUT2D eigenvalue weighted by Gasteiger charge is 2.67. The predicted molar refractivity (Wildman–Crippen MR) is 129 cm³/mol. The van der Waals surface area contributed by atoms with E-state index in [9.17, 15) is 22.8 Å². The Morgan fingerprint density at radius 1 is 1.03 bits per heavy atom. The number of carbonyl (C=O) groups is 2. The van der Waals surface area contributed by atoms with Gasteiger partial charge in [-0.2, -0.15) is 18.3 Å². The molecule has 1 amide bonds. The Morgan fingerprint density at radius 2 is 1.69 bits per heavy atom. The third-order valence-corrected chi connectivity index (χ3v) is 7.09. The van der Waals surface area contributed by atoms with E-state index in [2.05, 4.69) is 15.5 Å². The third kappa shape index (κ3) is 5.57. The van der Waals surface area contributed by atoms with E-state index in [1.54, 1.807) is 12.1 Å². The molecule has 184 valence electrons. The van der Waals surface area contributed by atoms with Crippen LogP contribution in [0.5, 0.6) is 0 Å². The van der Waals surface area contributed by atoms with E-state index in [1.165, 1.54) is 24.3 Å². The summed E-state index contributed by atoms with van der Waals surface area (Å²) in [7, 11) is 0. The van der Waals surface area contributed by atoms with E-state index in [-0.39, 0.29) is 22.0 Å². The molecule has 2 atom stereocenters. The Balaban J connectivity index is 1.49. The standard InChI is InChI=1S/C22H13Cl5F3N3O2/c23-10-3-9(4-11(24)5-10)18-19(21(18,26)27)20(35)31-12-1-2-15(25)14(6-12)16(34)7-13-8-17(33-32-13)22(28,29)30/h1-6,8,18-19H,7H2,(H,31,35)(H,32,33). The second kappa shape index (κ2) is 9.48. The molecule has 1 aliphatic rings. The van der Waals surface area contributed by atoms with Crippen molar-refractivity contribution in [3.05, 3.63) is 80.0 Å². The van der Waals surface area contributed by atoms with Crippen molar-refractivity contribution in [2.45, 2.75) is 22.8 Å². The lowest BCUT2D eigenvalue weighted by Gasteiger charge is -2.09. The first-order chi connectivity index (χ1) is 16.3. The molecule has 1 heterocycles. The van der Waals surface area contributed by atoms with Crippen molar-refractivity contribution in [2.24, 2.45) is 5.92 Å². The monoisotopic (exact) mass is 583 g/mol. The minimum atomic E-state index is -4.64. The number of alkyl halides is 5. The number of nitrogens with zero attached hydrogens (tertiary/aromatic N) is 1. The number of benzene rings is 2. The van der Waals surface area contributed by atoms with Crippen LogP contribution in [0.15, 0.2) is 42.5 Å². The number of halogens is 8. The molecule has 4 rings (SSSR count). The maximum absolute atomic E-state index is 12.9. The molecule has 2 unspecified atom stereocenters. The number of amides is 1. The highest BCUT2D eigenvalue weighted by atomic mass is 35.5. The summed E-state index contributed by atoms with van der Waals surface area (Å²) in [6.45, 7) is 0. The number of aromatic nitrogens is 2. The topological polar surface area (TPSA) is 74.8 Å². The third-order valence-electron chi connectivity index (χ3n) is 5.39. The number of H-pyrrole nitrogens is 1. The number of Topliss-reactive ketones (excluding diaryl/α,β-unsaturated/α-hetero) is 1. The Labute approximate surface area is 221 Å². The molecule has 0 bridgehead atoms. The summed E-state index contributed by atoms with van der Waals surface area (Å²) in [5.41, 5.74) is -0.356. The minimum Gasteiger partial charge on any atom is -0.326 e. The molecule has 0 saturated heterocycles. The van der Waals surface area contributed by atoms with Crippen LogP contribution < -0.4 is 5.32 Å². The van der Waals surface area contributed by atoms with E-state index in [4.69, 9.17) is 58.0 Å². The Hall–Kier alpha value is -1.97. The normalized spacial score (nSPS) is 18.9. The number of hydrogen-bond acceptors (Lipinski definition) is 3. The fraction of sp³-hybridized carbons (Fsp3) is 0.227. The van der Waals surface area contributed by atoms with Gasteiger partial charge in [0.1, 0.15) is 4.33 Å². The van der Waals surface area contributed by atoms with Crippen LogP contribution in [0.25, 0.3) is 0 Å². The van der Waals surface area contributed by atoms with E-state index in [0.717, 1.165) is 6.07 Å². The van der Waals surface area contributed by atoms with E-state index >= 15 is 0 Å². The zero-order chi connectivity index (χ0) is 25.7. The van der Waals surface area contributed by atoms with Crippen LogP contribution in [-0.2, 0) is 17.4 Å². The summed E-state index contributed by atoms with van der Waals surface area (Å²) in [4.78, 5) is 25.6. The zero-order valence-corrected chi connectivity index (χ0v) is 21.0. The molecule has 1 saturated carbocycles. The SMILES string of the molecule is O=C(Cc1cc(C(F)(F)F)n[nH]1)c1cc(NC(=O)C2C(c3cc(Cl)cc(Cl)c3)C2(Cl)Cl)ccc1Cl. The van der Waals surface area contributed by atoms with Gasteiger partial charge in [-0.05, 0) is 48.0 Å². The largest absolute Gasteiger partial charge is 0.435 e. The number of hydrogen-bond donors (Lipinski definition) is 2. The van der Waals surface area contributed by atoms with Crippen molar-refractivity contribution in [1.82, 2.24) is 10.2 Å². The Kier molecular flexibility index (Phi) is 7.07. The first kappa shape index (κ1) is 26.1. The molecule has 2 N–H and O–H groups in total. The molecule has 13 heteroatoms. The zero-order valence-electron chi connectivity index (χ0n) is 17.2. The number of carbonyl (C=O) groups excluding carboxylic acids is 2. The molecule has 1 aromatic heterocycles. The van der Waals surface area contributed by atoms with Gasteiger partial charge in [0.2, 0.25) is 5.91 Å². The summed E-state index contributed by atoms with van der Waals surface area (Å²) in [5, 5.41) is 8.78. The summed E-state index contributed by atoms with van der Waals surface area (Å²) < 4.78 is 36.8. The van der Waals surface area contributed by atoms with Gasteiger partial charge in [0.15, 0.2) is 11.5 Å². The molecule has 0 radical (unpaired) electrons. The number of nitrogens with one attached hydrogen (secondary N) is 2. The summed E-state index contributed by atoms with van der Waals surface area (Å²) in [6, 6.07) is 9.68. The lowest BCUT2D eigenvalue weighted by molar-refractivity contribution is -0.141. The van der Waals surface area contributed by atoms with Crippen molar-refractivity contribution in [3.8, 4) is 0 Å². The molecule has 5 nitrogen and oxygen atoms in total. The fourth-order valence-electron chi connectivity index (χ4n) is 3.72. The average Bonchev–Trinajstić information content (AvgIpc) is 3.05. The maximum atomic E-state index is 12.9. The van der Waals surface area contributed by atoms with Crippen molar-refractivity contribution in [1.29, 1.82) is 0 Å². The second-order valence-electron chi connectivity index (χ2n) is 7.89. The highest BCUT2D eigenvalue weighted by molar-refractivity contribution is 6.53. The fourth-order valence-corrected chi connectivity index (χ4v) is 5.32. The summed E-state index contributed by atoms with van der Waals surface area (Å²) in [6.07, 6.45) is -5.05. The lowest BCUT2D eigenvalue weighted by Crippen LogP contribution is -2.17. The van der Waals surface area contributed by atoms with Gasteiger partial charge in [0, 0.05) is 32.9 Å². The Morgan fingerprint density at radius 3 is 2.29 bits per heavy atom.